The number of pyridine rings is 1. The molecule has 0 aliphatic rings. The predicted molar refractivity (Wildman–Crippen MR) is 86.7 cm³/mol. The van der Waals surface area contributed by atoms with E-state index >= 15 is 0 Å². The molecule has 1 heterocycles. The molecule has 122 valence electrons. The molecule has 2 rings (SSSR count). The predicted octanol–water partition coefficient (Wildman–Crippen LogP) is 1.83. The largest absolute Gasteiger partial charge is 0.508 e. The van der Waals surface area contributed by atoms with Crippen molar-refractivity contribution in [1.82, 2.24) is 4.98 Å². The second-order valence-corrected chi connectivity index (χ2v) is 5.34. The summed E-state index contributed by atoms with van der Waals surface area (Å²) in [5, 5.41) is 38.9. The molecule has 0 unspecified atom stereocenters. The molecule has 0 bridgehead atoms. The highest BCUT2D eigenvalue weighted by atomic mass is 16.3. The Labute approximate surface area is 134 Å². The molecule has 6 nitrogen and oxygen atoms in total. The van der Waals surface area contributed by atoms with Gasteiger partial charge in [-0.25, -0.2) is 0 Å². The SMILES string of the molecule is Cc1ncc(CO)c(C=N[C@@H](C)[C@@H](O)c2ccc(O)cc2)c1O. The van der Waals surface area contributed by atoms with Crippen molar-refractivity contribution in [3.8, 4) is 11.5 Å². The van der Waals surface area contributed by atoms with Crippen LogP contribution in [0.2, 0.25) is 0 Å². The number of nitrogens with zero attached hydrogens (tertiary/aromatic N) is 2. The van der Waals surface area contributed by atoms with Crippen LogP contribution in [0, 0.1) is 6.92 Å². The second kappa shape index (κ2) is 7.21. The van der Waals surface area contributed by atoms with Crippen LogP contribution in [0.25, 0.3) is 0 Å². The number of hydrogen-bond acceptors (Lipinski definition) is 6. The number of aromatic hydroxyl groups is 2. The number of aliphatic imine (C=N–C) groups is 1. The van der Waals surface area contributed by atoms with E-state index in [1.807, 2.05) is 0 Å². The number of aliphatic hydroxyl groups excluding tert-OH is 2. The van der Waals surface area contributed by atoms with Crippen molar-refractivity contribution in [2.75, 3.05) is 0 Å². The normalized spacial score (nSPS) is 14.1. The van der Waals surface area contributed by atoms with Gasteiger partial charge in [0.05, 0.1) is 18.3 Å². The lowest BCUT2D eigenvalue weighted by Gasteiger charge is -2.16. The monoisotopic (exact) mass is 316 g/mol. The molecule has 0 fully saturated rings. The van der Waals surface area contributed by atoms with Crippen LogP contribution in [-0.2, 0) is 6.61 Å². The average Bonchev–Trinajstić information content (AvgIpc) is 2.56. The lowest BCUT2D eigenvalue weighted by molar-refractivity contribution is 0.154. The minimum atomic E-state index is -0.852. The summed E-state index contributed by atoms with van der Waals surface area (Å²) in [6.07, 6.45) is 2.07. The smallest absolute Gasteiger partial charge is 0.145 e. The van der Waals surface area contributed by atoms with E-state index < -0.39 is 12.1 Å². The third-order valence-corrected chi connectivity index (χ3v) is 3.66. The van der Waals surface area contributed by atoms with Gasteiger partial charge < -0.3 is 20.4 Å². The summed E-state index contributed by atoms with van der Waals surface area (Å²) >= 11 is 0. The van der Waals surface area contributed by atoms with Gasteiger partial charge in [0.15, 0.2) is 0 Å². The molecule has 0 aliphatic heterocycles. The Bertz CT molecular complexity index is 698. The molecular weight excluding hydrogens is 296 g/mol. The van der Waals surface area contributed by atoms with Crippen molar-refractivity contribution < 1.29 is 20.4 Å². The van der Waals surface area contributed by atoms with Gasteiger partial charge in [0, 0.05) is 23.5 Å². The Morgan fingerprint density at radius 1 is 1.22 bits per heavy atom. The zero-order valence-corrected chi connectivity index (χ0v) is 13.0. The van der Waals surface area contributed by atoms with E-state index in [0.717, 1.165) is 0 Å². The van der Waals surface area contributed by atoms with Crippen molar-refractivity contribution in [1.29, 1.82) is 0 Å². The Balaban J connectivity index is 2.22. The quantitative estimate of drug-likeness (QED) is 0.630. The average molecular weight is 316 g/mol. The van der Waals surface area contributed by atoms with E-state index in [1.54, 1.807) is 26.0 Å². The lowest BCUT2D eigenvalue weighted by atomic mass is 10.0. The van der Waals surface area contributed by atoms with Crippen LogP contribution >= 0.6 is 0 Å². The fourth-order valence-corrected chi connectivity index (χ4v) is 2.15. The highest BCUT2D eigenvalue weighted by molar-refractivity contribution is 5.85. The van der Waals surface area contributed by atoms with E-state index in [0.29, 0.717) is 22.4 Å². The van der Waals surface area contributed by atoms with E-state index in [9.17, 15) is 20.4 Å². The molecule has 0 saturated heterocycles. The molecule has 4 N–H and O–H groups in total. The maximum Gasteiger partial charge on any atom is 0.145 e. The molecule has 23 heavy (non-hydrogen) atoms. The fraction of sp³-hybridized carbons (Fsp3) is 0.294. The molecule has 1 aromatic carbocycles. The Kier molecular flexibility index (Phi) is 5.31. The van der Waals surface area contributed by atoms with Crippen molar-refractivity contribution in [2.24, 2.45) is 4.99 Å². The van der Waals surface area contributed by atoms with Gasteiger partial charge in [-0.3, -0.25) is 9.98 Å². The number of benzene rings is 1. The van der Waals surface area contributed by atoms with Crippen molar-refractivity contribution in [3.63, 3.8) is 0 Å². The molecule has 6 heteroatoms. The molecular formula is C17H20N2O4. The highest BCUT2D eigenvalue weighted by Gasteiger charge is 2.16. The van der Waals surface area contributed by atoms with Crippen LogP contribution in [0.4, 0.5) is 0 Å². The number of aryl methyl sites for hydroxylation is 1. The van der Waals surface area contributed by atoms with Gasteiger partial charge in [-0.1, -0.05) is 12.1 Å². The summed E-state index contributed by atoms with van der Waals surface area (Å²) in [5.41, 5.74) is 1.92. The zero-order valence-electron chi connectivity index (χ0n) is 13.0. The third kappa shape index (κ3) is 3.85. The Morgan fingerprint density at radius 3 is 2.48 bits per heavy atom. The summed E-state index contributed by atoms with van der Waals surface area (Å²) in [5.74, 6) is 0.0912. The summed E-state index contributed by atoms with van der Waals surface area (Å²) in [6.45, 7) is 3.12. The minimum absolute atomic E-state index is 0.0355. The first-order valence-electron chi connectivity index (χ1n) is 7.22. The summed E-state index contributed by atoms with van der Waals surface area (Å²) < 4.78 is 0. The summed E-state index contributed by atoms with van der Waals surface area (Å²) in [6, 6.07) is 5.77. The Morgan fingerprint density at radius 2 is 1.87 bits per heavy atom. The standard InChI is InChI=1S/C17H20N2O4/c1-10(16(22)12-3-5-14(21)6-4-12)19-8-15-13(9-20)7-18-11(2)17(15)23/h3-8,10,16,20-23H,9H2,1-2H3/t10-,16+/m0/s1. The first-order valence-corrected chi connectivity index (χ1v) is 7.22. The van der Waals surface area contributed by atoms with Crippen LogP contribution in [0.5, 0.6) is 11.5 Å². The molecule has 2 aromatic rings. The van der Waals surface area contributed by atoms with Gasteiger partial charge in [0.1, 0.15) is 17.6 Å². The molecule has 0 radical (unpaired) electrons. The Hall–Kier alpha value is -2.44. The number of aromatic nitrogens is 1. The van der Waals surface area contributed by atoms with Crippen molar-refractivity contribution in [2.45, 2.75) is 32.6 Å². The number of phenolic OH excluding ortho intramolecular Hbond substituents is 1. The van der Waals surface area contributed by atoms with Gasteiger partial charge in [-0.15, -0.1) is 0 Å². The van der Waals surface area contributed by atoms with Crippen LogP contribution in [0.3, 0.4) is 0 Å². The van der Waals surface area contributed by atoms with E-state index in [-0.39, 0.29) is 18.1 Å². The molecule has 2 atom stereocenters. The molecule has 0 saturated carbocycles. The van der Waals surface area contributed by atoms with Gasteiger partial charge >= 0.3 is 0 Å². The maximum absolute atomic E-state index is 10.3. The van der Waals surface area contributed by atoms with Crippen LogP contribution in [-0.4, -0.2) is 37.7 Å². The first-order chi connectivity index (χ1) is 10.9. The number of phenols is 1. The van der Waals surface area contributed by atoms with Crippen molar-refractivity contribution in [3.05, 3.63) is 52.8 Å². The van der Waals surface area contributed by atoms with E-state index in [4.69, 9.17) is 0 Å². The topological polar surface area (TPSA) is 106 Å². The molecule has 0 aliphatic carbocycles. The summed E-state index contributed by atoms with van der Waals surface area (Å²) in [4.78, 5) is 8.25. The van der Waals surface area contributed by atoms with Gasteiger partial charge in [-0.05, 0) is 31.5 Å². The van der Waals surface area contributed by atoms with Crippen LogP contribution in [0.15, 0.2) is 35.5 Å². The maximum atomic E-state index is 10.3. The summed E-state index contributed by atoms with van der Waals surface area (Å²) in [7, 11) is 0. The zero-order chi connectivity index (χ0) is 17.0. The molecule has 0 spiro atoms. The first kappa shape index (κ1) is 16.9. The second-order valence-electron chi connectivity index (χ2n) is 5.34. The van der Waals surface area contributed by atoms with Gasteiger partial charge in [0.2, 0.25) is 0 Å². The lowest BCUT2D eigenvalue weighted by Crippen LogP contribution is -2.13. The number of aliphatic hydroxyl groups is 2. The van der Waals surface area contributed by atoms with E-state index in [1.165, 1.54) is 24.5 Å². The van der Waals surface area contributed by atoms with Crippen molar-refractivity contribution >= 4 is 6.21 Å². The minimum Gasteiger partial charge on any atom is -0.508 e. The third-order valence-electron chi connectivity index (χ3n) is 3.66. The molecule has 1 aromatic heterocycles. The van der Waals surface area contributed by atoms with Crippen LogP contribution in [0.1, 0.15) is 35.4 Å². The highest BCUT2D eigenvalue weighted by Crippen LogP contribution is 2.24. The number of rotatable bonds is 5. The van der Waals surface area contributed by atoms with Gasteiger partial charge in [-0.2, -0.15) is 0 Å². The van der Waals surface area contributed by atoms with Gasteiger partial charge in [0.25, 0.3) is 0 Å². The number of hydrogen-bond donors (Lipinski definition) is 4. The van der Waals surface area contributed by atoms with E-state index in [2.05, 4.69) is 9.98 Å². The van der Waals surface area contributed by atoms with Crippen LogP contribution < -0.4 is 0 Å². The fourth-order valence-electron chi connectivity index (χ4n) is 2.15. The molecule has 0 amide bonds.